The first-order valence-corrected chi connectivity index (χ1v) is 15.1. The molecule has 2 aliphatic heterocycles. The van der Waals surface area contributed by atoms with Crippen molar-refractivity contribution in [3.63, 3.8) is 0 Å². The van der Waals surface area contributed by atoms with Crippen LogP contribution in [0.3, 0.4) is 0 Å². The summed E-state index contributed by atoms with van der Waals surface area (Å²) in [7, 11) is -4.57. The SMILES string of the molecule is C[C@]1(C(=O)NS(=O)(=O)c2cc(F)c(N[C@H](CCN3CC(F)C3)CSc3ccc(F)cc3)c(F)c2)CCCCO1. The molecule has 0 aliphatic carbocycles. The number of carbonyl (C=O) groups is 1. The number of hydrogen-bond donors (Lipinski definition) is 2. The van der Waals surface area contributed by atoms with Gasteiger partial charge in [0.05, 0.1) is 4.90 Å². The highest BCUT2D eigenvalue weighted by molar-refractivity contribution is 7.99. The molecule has 0 saturated carbocycles. The molecule has 13 heteroatoms. The van der Waals surface area contributed by atoms with Crippen molar-refractivity contribution in [2.24, 2.45) is 0 Å². The number of thioether (sulfide) groups is 1. The molecule has 2 fully saturated rings. The minimum atomic E-state index is -4.57. The van der Waals surface area contributed by atoms with Crippen molar-refractivity contribution in [1.29, 1.82) is 0 Å². The van der Waals surface area contributed by atoms with Crippen LogP contribution in [0.5, 0.6) is 0 Å². The molecule has 1 amide bonds. The molecule has 0 spiro atoms. The summed E-state index contributed by atoms with van der Waals surface area (Å²) in [5, 5.41) is 2.82. The lowest BCUT2D eigenvalue weighted by atomic mass is 9.95. The molecule has 2 aliphatic rings. The Labute approximate surface area is 229 Å². The molecule has 4 rings (SSSR count). The van der Waals surface area contributed by atoms with Crippen LogP contribution in [0.25, 0.3) is 0 Å². The smallest absolute Gasteiger partial charge is 0.265 e. The first-order valence-electron chi connectivity index (χ1n) is 12.7. The molecule has 2 aromatic rings. The van der Waals surface area contributed by atoms with E-state index < -0.39 is 56.0 Å². The molecule has 7 nitrogen and oxygen atoms in total. The van der Waals surface area contributed by atoms with Gasteiger partial charge in [0.15, 0.2) is 11.6 Å². The number of amides is 1. The zero-order valence-corrected chi connectivity index (χ0v) is 23.0. The summed E-state index contributed by atoms with van der Waals surface area (Å²) < 4.78 is 89.5. The van der Waals surface area contributed by atoms with E-state index in [1.54, 1.807) is 12.1 Å². The average molecular weight is 590 g/mol. The maximum Gasteiger partial charge on any atom is 0.265 e. The fraction of sp³-hybridized carbons (Fsp3) is 0.500. The van der Waals surface area contributed by atoms with Gasteiger partial charge in [0, 0.05) is 42.9 Å². The standard InChI is InChI=1S/C26H31F4N3O4S2/c1-26(9-2-3-11-37-26)25(34)32-39(35,36)21-12-22(29)24(23(30)13-21)31-19(8-10-33-14-18(28)15-33)16-38-20-6-4-17(27)5-7-20/h4-7,12-13,18-19,31H,2-3,8-11,14-16H2,1H3,(H,32,34)/t19-,26-/m1/s1. The Morgan fingerprint density at radius 1 is 1.15 bits per heavy atom. The van der Waals surface area contributed by atoms with Crippen molar-refractivity contribution in [3.8, 4) is 0 Å². The van der Waals surface area contributed by atoms with Crippen LogP contribution >= 0.6 is 11.8 Å². The van der Waals surface area contributed by atoms with E-state index in [-0.39, 0.29) is 5.82 Å². The van der Waals surface area contributed by atoms with Gasteiger partial charge < -0.3 is 10.1 Å². The topological polar surface area (TPSA) is 87.7 Å². The molecule has 0 bridgehead atoms. The summed E-state index contributed by atoms with van der Waals surface area (Å²) in [5.74, 6) is -3.22. The van der Waals surface area contributed by atoms with E-state index in [9.17, 15) is 22.0 Å². The first kappa shape index (κ1) is 29.6. The lowest BCUT2D eigenvalue weighted by Crippen LogP contribution is -2.50. The third kappa shape index (κ3) is 7.65. The van der Waals surface area contributed by atoms with E-state index in [0.29, 0.717) is 63.4 Å². The maximum atomic E-state index is 15.1. The number of ether oxygens (including phenoxy) is 1. The van der Waals surface area contributed by atoms with Crippen molar-refractivity contribution in [2.75, 3.05) is 37.3 Å². The van der Waals surface area contributed by atoms with Gasteiger partial charge in [-0.05, 0) is 69.0 Å². The number of likely N-dealkylation sites (tertiary alicyclic amines) is 1. The second-order valence-electron chi connectivity index (χ2n) is 9.98. The Morgan fingerprint density at radius 2 is 1.82 bits per heavy atom. The van der Waals surface area contributed by atoms with Crippen LogP contribution in [0.4, 0.5) is 23.2 Å². The molecular weight excluding hydrogens is 558 g/mol. The van der Waals surface area contributed by atoms with Crippen molar-refractivity contribution < 1.29 is 35.5 Å². The van der Waals surface area contributed by atoms with Crippen LogP contribution in [0.2, 0.25) is 0 Å². The summed E-state index contributed by atoms with van der Waals surface area (Å²) in [6.07, 6.45) is 1.29. The lowest BCUT2D eigenvalue weighted by Gasteiger charge is -2.35. The van der Waals surface area contributed by atoms with E-state index in [4.69, 9.17) is 4.74 Å². The largest absolute Gasteiger partial charge is 0.377 e. The summed E-state index contributed by atoms with van der Waals surface area (Å²) in [6.45, 7) is 2.86. The lowest BCUT2D eigenvalue weighted by molar-refractivity contribution is -0.148. The highest BCUT2D eigenvalue weighted by atomic mass is 32.2. The third-order valence-electron chi connectivity index (χ3n) is 6.82. The van der Waals surface area contributed by atoms with Crippen LogP contribution in [0.15, 0.2) is 46.2 Å². The van der Waals surface area contributed by atoms with Crippen molar-refractivity contribution in [2.45, 2.75) is 60.2 Å². The number of nitrogens with zero attached hydrogens (tertiary/aromatic N) is 1. The predicted molar refractivity (Wildman–Crippen MR) is 140 cm³/mol. The fourth-order valence-corrected chi connectivity index (χ4v) is 6.47. The molecule has 214 valence electrons. The molecule has 2 atom stereocenters. The highest BCUT2D eigenvalue weighted by Crippen LogP contribution is 2.29. The van der Waals surface area contributed by atoms with Gasteiger partial charge in [-0.2, -0.15) is 0 Å². The van der Waals surface area contributed by atoms with Crippen LogP contribution < -0.4 is 10.0 Å². The summed E-state index contributed by atoms with van der Waals surface area (Å²) in [4.78, 5) is 14.5. The Hall–Kier alpha value is -2.35. The summed E-state index contributed by atoms with van der Waals surface area (Å²) >= 11 is 1.35. The minimum Gasteiger partial charge on any atom is -0.377 e. The third-order valence-corrected chi connectivity index (χ3v) is 9.31. The number of benzene rings is 2. The van der Waals surface area contributed by atoms with Gasteiger partial charge in [0.25, 0.3) is 15.9 Å². The van der Waals surface area contributed by atoms with Gasteiger partial charge in [-0.1, -0.05) is 0 Å². The van der Waals surface area contributed by atoms with E-state index in [2.05, 4.69) is 5.32 Å². The van der Waals surface area contributed by atoms with Gasteiger partial charge in [-0.25, -0.2) is 30.7 Å². The van der Waals surface area contributed by atoms with E-state index in [1.807, 2.05) is 9.62 Å². The van der Waals surface area contributed by atoms with Crippen LogP contribution in [0, 0.1) is 17.5 Å². The number of hydrogen-bond acceptors (Lipinski definition) is 7. The number of alkyl halides is 1. The molecule has 2 N–H and O–H groups in total. The van der Waals surface area contributed by atoms with E-state index in [0.717, 1.165) is 11.3 Å². The van der Waals surface area contributed by atoms with Crippen molar-refractivity contribution in [3.05, 3.63) is 53.8 Å². The minimum absolute atomic E-state index is 0.295. The summed E-state index contributed by atoms with van der Waals surface area (Å²) in [5.41, 5.74) is -1.86. The van der Waals surface area contributed by atoms with Gasteiger partial charge in [0.1, 0.15) is 23.3 Å². The molecule has 0 radical (unpaired) electrons. The molecule has 0 unspecified atom stereocenters. The number of rotatable bonds is 11. The molecule has 2 aromatic carbocycles. The number of carbonyl (C=O) groups excluding carboxylic acids is 1. The second-order valence-corrected chi connectivity index (χ2v) is 12.8. The molecule has 39 heavy (non-hydrogen) atoms. The number of nitrogens with one attached hydrogen (secondary N) is 2. The molecule has 0 aromatic heterocycles. The zero-order chi connectivity index (χ0) is 28.2. The van der Waals surface area contributed by atoms with E-state index in [1.165, 1.54) is 30.8 Å². The van der Waals surface area contributed by atoms with Gasteiger partial charge in [-0.15, -0.1) is 11.8 Å². The number of sulfonamides is 1. The average Bonchev–Trinajstić information content (AvgIpc) is 2.87. The Morgan fingerprint density at radius 3 is 2.41 bits per heavy atom. The molecule has 2 heterocycles. The van der Waals surface area contributed by atoms with E-state index >= 15 is 8.78 Å². The monoisotopic (exact) mass is 589 g/mol. The fourth-order valence-electron chi connectivity index (χ4n) is 4.40. The highest BCUT2D eigenvalue weighted by Gasteiger charge is 2.38. The second kappa shape index (κ2) is 12.4. The first-order chi connectivity index (χ1) is 18.4. The Kier molecular flexibility index (Phi) is 9.45. The van der Waals surface area contributed by atoms with Gasteiger partial charge in [-0.3, -0.25) is 9.69 Å². The maximum absolute atomic E-state index is 15.1. The molecular formula is C26H31F4N3O4S2. The predicted octanol–water partition coefficient (Wildman–Crippen LogP) is 4.48. The van der Waals surface area contributed by atoms with Crippen LogP contribution in [-0.4, -0.2) is 69.0 Å². The van der Waals surface area contributed by atoms with Crippen molar-refractivity contribution >= 4 is 33.4 Å². The zero-order valence-electron chi connectivity index (χ0n) is 21.4. The number of anilines is 1. The van der Waals surface area contributed by atoms with Gasteiger partial charge >= 0.3 is 0 Å². The Bertz CT molecular complexity index is 1250. The molecule has 2 saturated heterocycles. The number of halogens is 4. The quantitative estimate of drug-likeness (QED) is 0.295. The normalized spacial score (nSPS) is 21.3. The van der Waals surface area contributed by atoms with Crippen molar-refractivity contribution in [1.82, 2.24) is 9.62 Å². The van der Waals surface area contributed by atoms with Crippen LogP contribution in [-0.2, 0) is 19.6 Å². The Balaban J connectivity index is 1.47. The summed E-state index contributed by atoms with van der Waals surface area (Å²) in [6, 6.07) is 6.63. The van der Waals surface area contributed by atoms with Gasteiger partial charge in [0.2, 0.25) is 0 Å². The van der Waals surface area contributed by atoms with Crippen LogP contribution in [0.1, 0.15) is 32.6 Å².